The van der Waals surface area contributed by atoms with Crippen LogP contribution in [0.15, 0.2) is 0 Å². The zero-order valence-electron chi connectivity index (χ0n) is 10.9. The highest BCUT2D eigenvalue weighted by Crippen LogP contribution is 2.11. The molecule has 0 bridgehead atoms. The number of methoxy groups -OCH3 is 1. The predicted octanol–water partition coefficient (Wildman–Crippen LogP) is 1.06. The predicted molar refractivity (Wildman–Crippen MR) is 66.5 cm³/mol. The number of ether oxygens (including phenoxy) is 1. The molecular weight excluding hydrogens is 236 g/mol. The van der Waals surface area contributed by atoms with E-state index >= 15 is 0 Å². The molecule has 1 heterocycles. The minimum Gasteiger partial charge on any atom is -0.481 e. The Labute approximate surface area is 107 Å². The van der Waals surface area contributed by atoms with Crippen molar-refractivity contribution in [2.24, 2.45) is 0 Å². The fourth-order valence-corrected chi connectivity index (χ4v) is 2.17. The Bertz CT molecular complexity index is 283. The van der Waals surface area contributed by atoms with E-state index in [1.807, 2.05) is 0 Å². The van der Waals surface area contributed by atoms with Crippen molar-refractivity contribution >= 4 is 12.1 Å². The van der Waals surface area contributed by atoms with Gasteiger partial charge in [-0.3, -0.25) is 4.79 Å². The number of nitrogens with one attached hydrogen (secondary N) is 1. The molecule has 0 saturated carbocycles. The van der Waals surface area contributed by atoms with Gasteiger partial charge in [-0.25, -0.2) is 4.79 Å². The molecule has 104 valence electrons. The molecule has 1 amide bonds. The second kappa shape index (κ2) is 7.92. The summed E-state index contributed by atoms with van der Waals surface area (Å²) in [5.74, 6) is -0.724. The lowest BCUT2D eigenvalue weighted by Crippen LogP contribution is -2.37. The van der Waals surface area contributed by atoms with Gasteiger partial charge in [0.15, 0.2) is 0 Å². The van der Waals surface area contributed by atoms with Gasteiger partial charge in [-0.15, -0.1) is 0 Å². The van der Waals surface area contributed by atoms with Gasteiger partial charge in [0, 0.05) is 25.6 Å². The van der Waals surface area contributed by atoms with Crippen molar-refractivity contribution in [2.75, 3.05) is 26.7 Å². The quantitative estimate of drug-likeness (QED) is 0.668. The smallest absolute Gasteiger partial charge is 0.407 e. The Hall–Kier alpha value is -1.30. The summed E-state index contributed by atoms with van der Waals surface area (Å²) in [6, 6.07) is 0.177. The summed E-state index contributed by atoms with van der Waals surface area (Å²) in [7, 11) is 1.37. The summed E-state index contributed by atoms with van der Waals surface area (Å²) >= 11 is 0. The lowest BCUT2D eigenvalue weighted by Gasteiger charge is -2.16. The largest absolute Gasteiger partial charge is 0.481 e. The molecule has 0 radical (unpaired) electrons. The van der Waals surface area contributed by atoms with Crippen LogP contribution in [-0.4, -0.2) is 54.9 Å². The molecule has 1 unspecified atom stereocenters. The maximum atomic E-state index is 11.0. The molecule has 1 saturated heterocycles. The highest BCUT2D eigenvalue weighted by Gasteiger charge is 2.23. The van der Waals surface area contributed by atoms with Crippen molar-refractivity contribution in [3.8, 4) is 0 Å². The molecule has 18 heavy (non-hydrogen) atoms. The molecule has 6 heteroatoms. The number of hydrogen-bond acceptors (Lipinski definition) is 4. The number of carbonyl (C=O) groups excluding carboxylic acids is 1. The van der Waals surface area contributed by atoms with Crippen molar-refractivity contribution < 1.29 is 19.4 Å². The minimum absolute atomic E-state index is 0.177. The number of carbonyl (C=O) groups is 2. The number of carboxylic acid groups (broad SMARTS) is 1. The average Bonchev–Trinajstić information content (AvgIpc) is 2.75. The fourth-order valence-electron chi connectivity index (χ4n) is 2.17. The maximum absolute atomic E-state index is 11.0. The Balaban J connectivity index is 2.04. The van der Waals surface area contributed by atoms with Crippen LogP contribution in [0.4, 0.5) is 4.79 Å². The first-order valence-corrected chi connectivity index (χ1v) is 6.40. The summed E-state index contributed by atoms with van der Waals surface area (Å²) in [6.07, 6.45) is 3.53. The number of hydrogen-bond donors (Lipinski definition) is 2. The molecule has 1 atom stereocenters. The summed E-state index contributed by atoms with van der Waals surface area (Å²) in [4.78, 5) is 23.7. The van der Waals surface area contributed by atoms with Gasteiger partial charge in [0.1, 0.15) is 0 Å². The number of alkyl carbamates (subject to hydrolysis) is 1. The van der Waals surface area contributed by atoms with Crippen LogP contribution in [-0.2, 0) is 9.53 Å². The van der Waals surface area contributed by atoms with Gasteiger partial charge in [0.2, 0.25) is 0 Å². The fraction of sp³-hybridized carbons (Fsp3) is 0.833. The summed E-state index contributed by atoms with van der Waals surface area (Å²) < 4.78 is 4.56. The van der Waals surface area contributed by atoms with Crippen LogP contribution in [0, 0.1) is 0 Å². The van der Waals surface area contributed by atoms with E-state index in [1.165, 1.54) is 7.11 Å². The van der Waals surface area contributed by atoms with Gasteiger partial charge in [-0.1, -0.05) is 6.42 Å². The average molecular weight is 258 g/mol. The van der Waals surface area contributed by atoms with Crippen molar-refractivity contribution in [3.05, 3.63) is 0 Å². The number of nitrogens with zero attached hydrogens (tertiary/aromatic N) is 1. The molecule has 2 N–H and O–H groups in total. The molecule has 0 aromatic heterocycles. The van der Waals surface area contributed by atoms with E-state index in [1.54, 1.807) is 0 Å². The SMILES string of the molecule is COC(=O)NC1CCN(CCCCCC(=O)O)C1. The Kier molecular flexibility index (Phi) is 6.49. The first kappa shape index (κ1) is 14.8. The van der Waals surface area contributed by atoms with Crippen molar-refractivity contribution in [2.45, 2.75) is 38.1 Å². The third-order valence-electron chi connectivity index (χ3n) is 3.14. The molecule has 0 aromatic rings. The first-order chi connectivity index (χ1) is 8.61. The van der Waals surface area contributed by atoms with E-state index in [-0.39, 0.29) is 18.6 Å². The van der Waals surface area contributed by atoms with Crippen LogP contribution in [0.25, 0.3) is 0 Å². The van der Waals surface area contributed by atoms with E-state index in [2.05, 4.69) is 15.0 Å². The molecule has 1 rings (SSSR count). The highest BCUT2D eigenvalue weighted by molar-refractivity contribution is 5.67. The van der Waals surface area contributed by atoms with Crippen LogP contribution in [0.2, 0.25) is 0 Å². The van der Waals surface area contributed by atoms with Gasteiger partial charge >= 0.3 is 12.1 Å². The Morgan fingerprint density at radius 1 is 1.39 bits per heavy atom. The Morgan fingerprint density at radius 3 is 2.83 bits per heavy atom. The van der Waals surface area contributed by atoms with Crippen LogP contribution >= 0.6 is 0 Å². The first-order valence-electron chi connectivity index (χ1n) is 6.40. The van der Waals surface area contributed by atoms with E-state index in [4.69, 9.17) is 5.11 Å². The standard InChI is InChI=1S/C12H22N2O4/c1-18-12(17)13-10-6-8-14(9-10)7-4-2-3-5-11(15)16/h10H,2-9H2,1H3,(H,13,17)(H,15,16). The topological polar surface area (TPSA) is 78.9 Å². The van der Waals surface area contributed by atoms with Crippen LogP contribution in [0.1, 0.15) is 32.1 Å². The Morgan fingerprint density at radius 2 is 2.17 bits per heavy atom. The van der Waals surface area contributed by atoms with E-state index in [0.29, 0.717) is 0 Å². The molecule has 6 nitrogen and oxygen atoms in total. The highest BCUT2D eigenvalue weighted by atomic mass is 16.5. The normalized spacial score (nSPS) is 19.7. The van der Waals surface area contributed by atoms with Gasteiger partial charge in [-0.05, 0) is 25.8 Å². The van der Waals surface area contributed by atoms with Crippen LogP contribution in [0.3, 0.4) is 0 Å². The number of likely N-dealkylation sites (tertiary alicyclic amines) is 1. The lowest BCUT2D eigenvalue weighted by atomic mass is 10.2. The second-order valence-electron chi connectivity index (χ2n) is 4.63. The monoisotopic (exact) mass is 258 g/mol. The third kappa shape index (κ3) is 5.86. The molecule has 0 spiro atoms. The molecule has 1 aliphatic rings. The van der Waals surface area contributed by atoms with Gasteiger partial charge in [0.05, 0.1) is 7.11 Å². The van der Waals surface area contributed by atoms with Crippen molar-refractivity contribution in [1.82, 2.24) is 10.2 Å². The summed E-state index contributed by atoms with van der Waals surface area (Å²) in [5, 5.41) is 11.3. The zero-order chi connectivity index (χ0) is 13.4. The second-order valence-corrected chi connectivity index (χ2v) is 4.63. The maximum Gasteiger partial charge on any atom is 0.407 e. The van der Waals surface area contributed by atoms with E-state index in [9.17, 15) is 9.59 Å². The van der Waals surface area contributed by atoms with Crippen LogP contribution < -0.4 is 5.32 Å². The molecular formula is C12H22N2O4. The van der Waals surface area contributed by atoms with Gasteiger partial charge in [-0.2, -0.15) is 0 Å². The summed E-state index contributed by atoms with van der Waals surface area (Å²) in [5.41, 5.74) is 0. The number of amides is 1. The van der Waals surface area contributed by atoms with Crippen molar-refractivity contribution in [3.63, 3.8) is 0 Å². The number of unbranched alkanes of at least 4 members (excludes halogenated alkanes) is 2. The zero-order valence-corrected chi connectivity index (χ0v) is 10.9. The van der Waals surface area contributed by atoms with Crippen LogP contribution in [0.5, 0.6) is 0 Å². The number of aliphatic carboxylic acids is 1. The van der Waals surface area contributed by atoms with Crippen molar-refractivity contribution in [1.29, 1.82) is 0 Å². The van der Waals surface area contributed by atoms with Gasteiger partial charge < -0.3 is 20.1 Å². The van der Waals surface area contributed by atoms with Gasteiger partial charge in [0.25, 0.3) is 0 Å². The molecule has 0 aromatic carbocycles. The molecule has 1 aliphatic heterocycles. The number of carboxylic acids is 1. The third-order valence-corrected chi connectivity index (χ3v) is 3.14. The number of rotatable bonds is 7. The molecule has 0 aliphatic carbocycles. The lowest BCUT2D eigenvalue weighted by molar-refractivity contribution is -0.137. The van der Waals surface area contributed by atoms with E-state index in [0.717, 1.165) is 45.3 Å². The van der Waals surface area contributed by atoms with E-state index < -0.39 is 5.97 Å². The molecule has 1 fully saturated rings. The minimum atomic E-state index is -0.724. The summed E-state index contributed by atoms with van der Waals surface area (Å²) in [6.45, 7) is 2.81.